The zero-order valence-corrected chi connectivity index (χ0v) is 7.75. The van der Waals surface area contributed by atoms with Gasteiger partial charge in [0, 0.05) is 0 Å². The minimum Gasteiger partial charge on any atom is -0.343 e. The third kappa shape index (κ3) is 1.68. The standard InChI is InChI=1S/C10H9ClO2/c11-13-10(12)9-4-2-1-3-8(9)7-5-6-7/h1-4,7H,5-6H2. The Bertz CT molecular complexity index is 331. The first kappa shape index (κ1) is 8.57. The van der Waals surface area contributed by atoms with E-state index < -0.39 is 5.97 Å². The average Bonchev–Trinajstić information content (AvgIpc) is 3.00. The van der Waals surface area contributed by atoms with Crippen molar-refractivity contribution in [3.8, 4) is 0 Å². The van der Waals surface area contributed by atoms with Gasteiger partial charge in [-0.1, -0.05) is 18.2 Å². The van der Waals surface area contributed by atoms with Gasteiger partial charge in [0.25, 0.3) is 0 Å². The summed E-state index contributed by atoms with van der Waals surface area (Å²) in [7, 11) is 0. The first-order valence-corrected chi connectivity index (χ1v) is 4.55. The van der Waals surface area contributed by atoms with E-state index in [1.165, 1.54) is 0 Å². The van der Waals surface area contributed by atoms with Crippen molar-refractivity contribution >= 4 is 17.8 Å². The molecule has 0 unspecified atom stereocenters. The molecule has 0 spiro atoms. The maximum atomic E-state index is 11.2. The van der Waals surface area contributed by atoms with Gasteiger partial charge in [-0.25, -0.2) is 4.79 Å². The van der Waals surface area contributed by atoms with Crippen LogP contribution in [-0.2, 0) is 4.29 Å². The molecular weight excluding hydrogens is 188 g/mol. The van der Waals surface area contributed by atoms with E-state index in [2.05, 4.69) is 4.29 Å². The lowest BCUT2D eigenvalue weighted by Gasteiger charge is -2.03. The van der Waals surface area contributed by atoms with E-state index >= 15 is 0 Å². The highest BCUT2D eigenvalue weighted by molar-refractivity contribution is 6.16. The Labute approximate surface area is 81.6 Å². The van der Waals surface area contributed by atoms with E-state index in [0.29, 0.717) is 11.5 Å². The molecule has 13 heavy (non-hydrogen) atoms. The molecule has 0 saturated heterocycles. The van der Waals surface area contributed by atoms with Gasteiger partial charge in [-0.05, 0) is 30.4 Å². The Hall–Kier alpha value is -1.02. The summed E-state index contributed by atoms with van der Waals surface area (Å²) in [6.07, 6.45) is 2.32. The van der Waals surface area contributed by atoms with E-state index in [0.717, 1.165) is 18.4 Å². The summed E-state index contributed by atoms with van der Waals surface area (Å²) in [6.45, 7) is 0. The number of hydrogen-bond donors (Lipinski definition) is 0. The van der Waals surface area contributed by atoms with Crippen LogP contribution in [0.25, 0.3) is 0 Å². The van der Waals surface area contributed by atoms with Gasteiger partial charge in [-0.15, -0.1) is 0 Å². The molecule has 1 aliphatic carbocycles. The van der Waals surface area contributed by atoms with Crippen molar-refractivity contribution in [1.29, 1.82) is 0 Å². The Balaban J connectivity index is 2.36. The SMILES string of the molecule is O=C(OCl)c1ccccc1C1CC1. The summed E-state index contributed by atoms with van der Waals surface area (Å²) >= 11 is 5.03. The Morgan fingerprint density at radius 1 is 1.38 bits per heavy atom. The molecule has 3 heteroatoms. The van der Waals surface area contributed by atoms with Crippen LogP contribution in [0.5, 0.6) is 0 Å². The third-order valence-electron chi connectivity index (χ3n) is 2.27. The molecule has 0 aliphatic heterocycles. The summed E-state index contributed by atoms with van der Waals surface area (Å²) < 4.78 is 4.19. The van der Waals surface area contributed by atoms with Gasteiger partial charge in [0.05, 0.1) is 5.56 Å². The number of carbonyl (C=O) groups is 1. The maximum Gasteiger partial charge on any atom is 0.356 e. The Morgan fingerprint density at radius 2 is 2.08 bits per heavy atom. The van der Waals surface area contributed by atoms with Gasteiger partial charge in [0.1, 0.15) is 11.9 Å². The van der Waals surface area contributed by atoms with Crippen molar-refractivity contribution in [2.75, 3.05) is 0 Å². The van der Waals surface area contributed by atoms with Crippen LogP contribution in [0.1, 0.15) is 34.7 Å². The normalized spacial score (nSPS) is 15.5. The predicted octanol–water partition coefficient (Wildman–Crippen LogP) is 2.87. The molecule has 0 heterocycles. The Morgan fingerprint density at radius 3 is 2.69 bits per heavy atom. The summed E-state index contributed by atoms with van der Waals surface area (Å²) in [6, 6.07) is 7.45. The van der Waals surface area contributed by atoms with Crippen LogP contribution in [-0.4, -0.2) is 5.97 Å². The highest BCUT2D eigenvalue weighted by atomic mass is 35.5. The minimum atomic E-state index is -0.454. The molecule has 2 nitrogen and oxygen atoms in total. The molecule has 0 bridgehead atoms. The van der Waals surface area contributed by atoms with Gasteiger partial charge in [0.15, 0.2) is 0 Å². The van der Waals surface area contributed by atoms with E-state index in [4.69, 9.17) is 11.9 Å². The monoisotopic (exact) mass is 196 g/mol. The maximum absolute atomic E-state index is 11.2. The van der Waals surface area contributed by atoms with E-state index in [1.807, 2.05) is 18.2 Å². The molecule has 0 radical (unpaired) electrons. The van der Waals surface area contributed by atoms with Crippen molar-refractivity contribution in [2.24, 2.45) is 0 Å². The molecule has 0 amide bonds. The molecule has 2 rings (SSSR count). The van der Waals surface area contributed by atoms with Gasteiger partial charge in [-0.2, -0.15) is 0 Å². The van der Waals surface area contributed by atoms with E-state index in [1.54, 1.807) is 6.07 Å². The molecule has 0 aromatic heterocycles. The van der Waals surface area contributed by atoms with E-state index in [-0.39, 0.29) is 0 Å². The molecular formula is C10H9ClO2. The molecule has 0 N–H and O–H groups in total. The van der Waals surface area contributed by atoms with Crippen LogP contribution in [0.4, 0.5) is 0 Å². The predicted molar refractivity (Wildman–Crippen MR) is 49.7 cm³/mol. The van der Waals surface area contributed by atoms with Crippen LogP contribution in [0.2, 0.25) is 0 Å². The smallest absolute Gasteiger partial charge is 0.343 e. The first-order valence-electron chi connectivity index (χ1n) is 4.25. The topological polar surface area (TPSA) is 26.3 Å². The molecule has 1 fully saturated rings. The lowest BCUT2D eigenvalue weighted by molar-refractivity contribution is 0.0750. The summed E-state index contributed by atoms with van der Waals surface area (Å²) in [4.78, 5) is 11.2. The van der Waals surface area contributed by atoms with Crippen LogP contribution in [0.15, 0.2) is 24.3 Å². The van der Waals surface area contributed by atoms with Gasteiger partial charge in [-0.3, -0.25) is 0 Å². The molecule has 1 aromatic rings. The zero-order valence-electron chi connectivity index (χ0n) is 7.00. The van der Waals surface area contributed by atoms with Crippen LogP contribution in [0.3, 0.4) is 0 Å². The molecule has 1 saturated carbocycles. The zero-order chi connectivity index (χ0) is 9.26. The highest BCUT2D eigenvalue weighted by Crippen LogP contribution is 2.41. The number of benzene rings is 1. The highest BCUT2D eigenvalue weighted by Gasteiger charge is 2.27. The molecule has 1 aromatic carbocycles. The van der Waals surface area contributed by atoms with Crippen molar-refractivity contribution in [2.45, 2.75) is 18.8 Å². The third-order valence-corrected chi connectivity index (χ3v) is 2.41. The van der Waals surface area contributed by atoms with E-state index in [9.17, 15) is 4.79 Å². The second-order valence-corrected chi connectivity index (χ2v) is 3.38. The fraction of sp³-hybridized carbons (Fsp3) is 0.300. The summed E-state index contributed by atoms with van der Waals surface area (Å²) in [5.74, 6) is 0.0798. The van der Waals surface area contributed by atoms with Crippen LogP contribution >= 0.6 is 11.9 Å². The van der Waals surface area contributed by atoms with Gasteiger partial charge in [0.2, 0.25) is 0 Å². The van der Waals surface area contributed by atoms with Crippen molar-refractivity contribution in [3.63, 3.8) is 0 Å². The minimum absolute atomic E-state index is 0.454. The van der Waals surface area contributed by atoms with Gasteiger partial charge >= 0.3 is 5.97 Å². The van der Waals surface area contributed by atoms with Crippen molar-refractivity contribution in [1.82, 2.24) is 0 Å². The van der Waals surface area contributed by atoms with Crippen LogP contribution < -0.4 is 0 Å². The average molecular weight is 197 g/mol. The molecule has 68 valence electrons. The number of halogens is 1. The number of hydrogen-bond acceptors (Lipinski definition) is 2. The quantitative estimate of drug-likeness (QED) is 0.727. The summed E-state index contributed by atoms with van der Waals surface area (Å²) in [5.41, 5.74) is 1.66. The number of rotatable bonds is 2. The second-order valence-electron chi connectivity index (χ2n) is 3.23. The molecule has 1 aliphatic rings. The van der Waals surface area contributed by atoms with Gasteiger partial charge < -0.3 is 4.29 Å². The number of carbonyl (C=O) groups excluding carboxylic acids is 1. The lowest BCUT2D eigenvalue weighted by atomic mass is 10.0. The fourth-order valence-electron chi connectivity index (χ4n) is 1.47. The molecule has 0 atom stereocenters. The van der Waals surface area contributed by atoms with Crippen molar-refractivity contribution in [3.05, 3.63) is 35.4 Å². The fourth-order valence-corrected chi connectivity index (χ4v) is 1.56. The largest absolute Gasteiger partial charge is 0.356 e. The summed E-state index contributed by atoms with van der Waals surface area (Å²) in [5, 5.41) is 0. The van der Waals surface area contributed by atoms with Crippen molar-refractivity contribution < 1.29 is 9.08 Å². The lowest BCUT2D eigenvalue weighted by Crippen LogP contribution is -2.02. The van der Waals surface area contributed by atoms with Crippen LogP contribution in [0, 0.1) is 0 Å². The Kier molecular flexibility index (Phi) is 2.23. The second kappa shape index (κ2) is 3.38. The first-order chi connectivity index (χ1) is 6.33.